The zero-order chi connectivity index (χ0) is 36.0. The molecule has 1 atom stereocenters. The van der Waals surface area contributed by atoms with Crippen LogP contribution in [0.15, 0.2) is 12.2 Å². The van der Waals surface area contributed by atoms with Crippen molar-refractivity contribution in [2.45, 2.75) is 85.6 Å². The highest BCUT2D eigenvalue weighted by atomic mass is 19.4. The second kappa shape index (κ2) is 12.1. The minimum Gasteiger partial charge on any atom is -0.456 e. The van der Waals surface area contributed by atoms with Crippen LogP contribution >= 0.6 is 0 Å². The minimum absolute atomic E-state index is 0.643. The van der Waals surface area contributed by atoms with Crippen molar-refractivity contribution in [1.82, 2.24) is 0 Å². The van der Waals surface area contributed by atoms with Gasteiger partial charge in [-0.25, -0.2) is 4.79 Å². The van der Waals surface area contributed by atoms with E-state index in [-0.39, 0.29) is 0 Å². The number of hydrogen-bond acceptors (Lipinski definition) is 3. The molecular weight excluding hydrogens is 694 g/mol. The largest absolute Gasteiger partial charge is 0.460 e. The van der Waals surface area contributed by atoms with Crippen LogP contribution in [0, 0.1) is 0 Å². The predicted molar refractivity (Wildman–Crippen MR) is 96.4 cm³/mol. The summed E-state index contributed by atoms with van der Waals surface area (Å²) in [6, 6.07) is 0. The van der Waals surface area contributed by atoms with Crippen molar-refractivity contribution in [2.24, 2.45) is 0 Å². The highest BCUT2D eigenvalue weighted by Gasteiger charge is 2.88. The number of rotatable bonds is 15. The summed E-state index contributed by atoms with van der Waals surface area (Å²) in [6.07, 6.45) is -24.6. The first kappa shape index (κ1) is 41.6. The number of hydrogen-bond donors (Lipinski definition) is 0. The van der Waals surface area contributed by atoms with Crippen LogP contribution in [0.5, 0.6) is 0 Å². The Morgan fingerprint density at radius 3 is 1.23 bits per heavy atom. The van der Waals surface area contributed by atoms with Crippen molar-refractivity contribution < 1.29 is 111 Å². The van der Waals surface area contributed by atoms with Gasteiger partial charge in [0.2, 0.25) is 0 Å². The number of alkyl halides is 22. The number of esters is 1. The van der Waals surface area contributed by atoms with Gasteiger partial charge in [-0.1, -0.05) is 6.58 Å². The summed E-state index contributed by atoms with van der Waals surface area (Å²) in [5.74, 6) is -62.1. The highest BCUT2D eigenvalue weighted by molar-refractivity contribution is 5.87. The molecule has 0 amide bonds. The Morgan fingerprint density at radius 1 is 0.568 bits per heavy atom. The molecule has 0 radical (unpaired) electrons. The first-order valence-electron chi connectivity index (χ1n) is 10.5. The molecule has 262 valence electrons. The Hall–Kier alpha value is -2.37. The summed E-state index contributed by atoms with van der Waals surface area (Å²) in [7, 11) is 0. The van der Waals surface area contributed by atoms with Crippen LogP contribution in [0.3, 0.4) is 0 Å². The van der Waals surface area contributed by atoms with Gasteiger partial charge in [0.15, 0.2) is 0 Å². The van der Waals surface area contributed by atoms with E-state index in [1.807, 2.05) is 0 Å². The van der Waals surface area contributed by atoms with E-state index < -0.39 is 103 Å². The zero-order valence-corrected chi connectivity index (χ0v) is 20.7. The molecule has 0 aromatic carbocycles. The summed E-state index contributed by atoms with van der Waals surface area (Å²) < 4.78 is 295. The van der Waals surface area contributed by atoms with Gasteiger partial charge in [-0.15, -0.1) is 0 Å². The van der Waals surface area contributed by atoms with Crippen LogP contribution in [0.2, 0.25) is 0 Å². The van der Waals surface area contributed by atoms with Gasteiger partial charge in [0.25, 0.3) is 0 Å². The first-order valence-corrected chi connectivity index (χ1v) is 10.5. The van der Waals surface area contributed by atoms with Gasteiger partial charge in [0.1, 0.15) is 6.10 Å². The summed E-state index contributed by atoms with van der Waals surface area (Å²) in [6.45, 7) is -1.07. The molecule has 0 fully saturated rings. The maximum atomic E-state index is 14.0. The van der Waals surface area contributed by atoms with Gasteiger partial charge in [-0.2, -0.15) is 96.6 Å². The summed E-state index contributed by atoms with van der Waals surface area (Å²) in [5.41, 5.74) is -0.891. The highest BCUT2D eigenvalue weighted by Crippen LogP contribution is 2.59. The normalized spacial score (nSPS) is 16.2. The van der Waals surface area contributed by atoms with E-state index in [2.05, 4.69) is 16.1 Å². The lowest BCUT2D eigenvalue weighted by Crippen LogP contribution is -2.66. The molecule has 44 heavy (non-hydrogen) atoms. The fourth-order valence-corrected chi connectivity index (χ4v) is 2.58. The second-order valence-corrected chi connectivity index (χ2v) is 8.69. The Labute approximate surface area is 229 Å². The van der Waals surface area contributed by atoms with Gasteiger partial charge >= 0.3 is 65.7 Å². The number of halogens is 22. The van der Waals surface area contributed by atoms with E-state index in [1.54, 1.807) is 0 Å². The van der Waals surface area contributed by atoms with E-state index in [1.165, 1.54) is 0 Å². The summed E-state index contributed by atoms with van der Waals surface area (Å²) in [4.78, 5) is 11.5. The van der Waals surface area contributed by atoms with Crippen LogP contribution < -0.4 is 0 Å². The lowest BCUT2D eigenvalue weighted by Gasteiger charge is -2.38. The maximum Gasteiger partial charge on any atom is 0.460 e. The fourth-order valence-electron chi connectivity index (χ4n) is 2.58. The van der Waals surface area contributed by atoms with E-state index in [0.717, 1.165) is 0 Å². The standard InChI is InChI=1S/C19H14F22O3/c1-7(2)9(42)44-8(5-11(22,23)13(26,27)15(30,31)17(34,35)19(39,40)41)6-43-4-3-10(20,21)12(24,25)14(28,29)16(32,33)18(36,37)38/h8H,1,3-6H2,2H3. The Balaban J connectivity index is 6.11. The average molecular weight is 708 g/mol. The summed E-state index contributed by atoms with van der Waals surface area (Å²) in [5, 5.41) is 0. The Morgan fingerprint density at radius 2 is 0.909 bits per heavy atom. The van der Waals surface area contributed by atoms with Crippen LogP contribution in [-0.4, -0.2) is 85.0 Å². The second-order valence-electron chi connectivity index (χ2n) is 8.69. The zero-order valence-electron chi connectivity index (χ0n) is 20.7. The topological polar surface area (TPSA) is 35.5 Å². The molecule has 0 saturated carbocycles. The van der Waals surface area contributed by atoms with Crippen molar-refractivity contribution in [2.75, 3.05) is 13.2 Å². The smallest absolute Gasteiger partial charge is 0.456 e. The molecule has 0 aliphatic heterocycles. The minimum atomic E-state index is -7.96. The molecule has 0 aromatic heterocycles. The third kappa shape index (κ3) is 7.20. The van der Waals surface area contributed by atoms with Crippen molar-refractivity contribution >= 4 is 5.97 Å². The average Bonchev–Trinajstić information content (AvgIpc) is 2.79. The van der Waals surface area contributed by atoms with Crippen LogP contribution in [0.1, 0.15) is 19.8 Å². The molecule has 0 saturated heterocycles. The molecule has 0 aliphatic rings. The molecule has 25 heteroatoms. The fraction of sp³-hybridized carbons (Fsp3) is 0.842. The third-order valence-electron chi connectivity index (χ3n) is 5.18. The quantitative estimate of drug-likeness (QED) is 0.0742. The molecule has 0 heterocycles. The van der Waals surface area contributed by atoms with Crippen molar-refractivity contribution in [3.63, 3.8) is 0 Å². The van der Waals surface area contributed by atoms with Gasteiger partial charge in [-0.3, -0.25) is 0 Å². The monoisotopic (exact) mass is 708 g/mol. The number of ether oxygens (including phenoxy) is 2. The molecule has 0 bridgehead atoms. The first-order chi connectivity index (χ1) is 18.9. The van der Waals surface area contributed by atoms with E-state index in [4.69, 9.17) is 0 Å². The lowest BCUT2D eigenvalue weighted by atomic mass is 9.94. The van der Waals surface area contributed by atoms with E-state index in [9.17, 15) is 101 Å². The van der Waals surface area contributed by atoms with Gasteiger partial charge < -0.3 is 9.47 Å². The maximum absolute atomic E-state index is 14.0. The van der Waals surface area contributed by atoms with E-state index in [0.29, 0.717) is 6.92 Å². The molecule has 1 unspecified atom stereocenters. The van der Waals surface area contributed by atoms with Gasteiger partial charge in [-0.05, 0) is 6.92 Å². The number of carbonyl (C=O) groups is 1. The summed E-state index contributed by atoms with van der Waals surface area (Å²) >= 11 is 0. The SMILES string of the molecule is C=C(C)C(=O)OC(COCCC(F)(F)C(F)(F)C(F)(F)C(F)(F)C(F)(F)F)CC(F)(F)C(F)(F)C(F)(F)C(F)(F)C(F)(F)F. The number of carbonyl (C=O) groups excluding carboxylic acids is 1. The molecule has 0 aliphatic carbocycles. The molecule has 0 aromatic rings. The molecular formula is C19H14F22O3. The molecule has 0 N–H and O–H groups in total. The van der Waals surface area contributed by atoms with Gasteiger partial charge in [0.05, 0.1) is 19.6 Å². The molecule has 0 spiro atoms. The van der Waals surface area contributed by atoms with Crippen LogP contribution in [-0.2, 0) is 14.3 Å². The lowest BCUT2D eigenvalue weighted by molar-refractivity contribution is -0.423. The third-order valence-corrected chi connectivity index (χ3v) is 5.18. The van der Waals surface area contributed by atoms with Gasteiger partial charge in [0, 0.05) is 12.0 Å². The Kier molecular flexibility index (Phi) is 11.4. The molecule has 0 rings (SSSR count). The van der Waals surface area contributed by atoms with Crippen molar-refractivity contribution in [1.29, 1.82) is 0 Å². The van der Waals surface area contributed by atoms with Crippen molar-refractivity contribution in [3.8, 4) is 0 Å². The van der Waals surface area contributed by atoms with Crippen LogP contribution in [0.25, 0.3) is 0 Å². The molecule has 3 nitrogen and oxygen atoms in total. The predicted octanol–water partition coefficient (Wildman–Crippen LogP) is 8.48. The van der Waals surface area contributed by atoms with Crippen LogP contribution in [0.4, 0.5) is 96.6 Å². The van der Waals surface area contributed by atoms with Crippen molar-refractivity contribution in [3.05, 3.63) is 12.2 Å². The Bertz CT molecular complexity index is 1020. The van der Waals surface area contributed by atoms with E-state index >= 15 is 0 Å².